The van der Waals surface area contributed by atoms with E-state index >= 15 is 0 Å². The van der Waals surface area contributed by atoms with E-state index in [2.05, 4.69) is 20.3 Å². The highest BCUT2D eigenvalue weighted by Crippen LogP contribution is 2.41. The van der Waals surface area contributed by atoms with Crippen molar-refractivity contribution in [2.45, 2.75) is 63.5 Å². The van der Waals surface area contributed by atoms with Crippen LogP contribution in [-0.4, -0.2) is 71.6 Å². The molecule has 0 unspecified atom stereocenters. The first-order valence-electron chi connectivity index (χ1n) is 16.1. The van der Waals surface area contributed by atoms with Crippen LogP contribution < -0.4 is 19.9 Å². The molecule has 0 bridgehead atoms. The summed E-state index contributed by atoms with van der Waals surface area (Å²) in [5.41, 5.74) is -2.14. The summed E-state index contributed by atoms with van der Waals surface area (Å²) in [6, 6.07) is 3.33. The third kappa shape index (κ3) is 8.53. The number of hydrogen-bond donors (Lipinski definition) is 2. The number of carboxylic acid groups (broad SMARTS) is 1. The molecule has 51 heavy (non-hydrogen) atoms. The number of alkyl halides is 7. The van der Waals surface area contributed by atoms with Crippen molar-refractivity contribution in [1.29, 1.82) is 0 Å². The largest absolute Gasteiger partial charge is 0.481 e. The molecule has 3 aromatic rings. The van der Waals surface area contributed by atoms with Crippen molar-refractivity contribution in [3.8, 4) is 5.88 Å². The van der Waals surface area contributed by atoms with Gasteiger partial charge in [-0.25, -0.2) is 24.1 Å². The van der Waals surface area contributed by atoms with Gasteiger partial charge in [0.2, 0.25) is 11.8 Å². The zero-order valence-corrected chi connectivity index (χ0v) is 27.5. The quantitative estimate of drug-likeness (QED) is 0.210. The monoisotopic (exact) mass is 728 g/mol. The number of carboxylic acids is 1. The Bertz CT molecular complexity index is 1700. The Balaban J connectivity index is 1.55. The molecule has 2 aliphatic heterocycles. The van der Waals surface area contributed by atoms with Gasteiger partial charge in [-0.15, -0.1) is 0 Å². The molecule has 4 heterocycles. The first-order valence-corrected chi connectivity index (χ1v) is 16.1. The van der Waals surface area contributed by atoms with E-state index in [0.29, 0.717) is 35.6 Å². The molecule has 11 nitrogen and oxygen atoms in total. The first kappa shape index (κ1) is 37.4. The smallest absolute Gasteiger partial charge is 0.416 e. The maximum atomic E-state index is 13.7. The van der Waals surface area contributed by atoms with E-state index in [9.17, 15) is 45.4 Å². The van der Waals surface area contributed by atoms with Crippen LogP contribution in [0.3, 0.4) is 0 Å². The van der Waals surface area contributed by atoms with Crippen molar-refractivity contribution >= 4 is 29.4 Å². The Morgan fingerprint density at radius 1 is 1.00 bits per heavy atom. The maximum absolute atomic E-state index is 13.7. The highest BCUT2D eigenvalue weighted by Gasteiger charge is 2.39. The van der Waals surface area contributed by atoms with Gasteiger partial charge in [0, 0.05) is 31.6 Å². The highest BCUT2D eigenvalue weighted by molar-refractivity contribution is 5.90. The van der Waals surface area contributed by atoms with E-state index in [-0.39, 0.29) is 61.5 Å². The van der Waals surface area contributed by atoms with Gasteiger partial charge in [-0.05, 0) is 55.5 Å². The lowest BCUT2D eigenvalue weighted by atomic mass is 9.93. The third-order valence-electron chi connectivity index (χ3n) is 8.87. The van der Waals surface area contributed by atoms with Gasteiger partial charge >= 0.3 is 24.4 Å². The second-order valence-electron chi connectivity index (χ2n) is 12.1. The van der Waals surface area contributed by atoms with Gasteiger partial charge in [0.15, 0.2) is 0 Å². The normalized spacial score (nSPS) is 18.3. The lowest BCUT2D eigenvalue weighted by Crippen LogP contribution is -2.46. The molecular formula is C33H35F7N6O5. The van der Waals surface area contributed by atoms with Gasteiger partial charge in [-0.2, -0.15) is 26.3 Å². The maximum Gasteiger partial charge on any atom is 0.416 e. The summed E-state index contributed by atoms with van der Waals surface area (Å²) in [6.07, 6.45) is -8.75. The van der Waals surface area contributed by atoms with Gasteiger partial charge in [-0.1, -0.05) is 6.92 Å². The number of aliphatic carboxylic acids is 1. The van der Waals surface area contributed by atoms with E-state index in [0.717, 1.165) is 0 Å². The number of piperidine rings is 1. The number of methoxy groups -OCH3 is 1. The van der Waals surface area contributed by atoms with Gasteiger partial charge in [0.25, 0.3) is 0 Å². The molecule has 2 N–H and O–H groups in total. The van der Waals surface area contributed by atoms with E-state index < -0.39 is 73.2 Å². The van der Waals surface area contributed by atoms with Crippen LogP contribution in [-0.2, 0) is 28.3 Å². The zero-order chi connectivity index (χ0) is 37.1. The van der Waals surface area contributed by atoms with Crippen LogP contribution in [0.15, 0.2) is 36.5 Å². The second-order valence-corrected chi connectivity index (χ2v) is 12.1. The molecule has 1 aromatic carbocycles. The van der Waals surface area contributed by atoms with Crippen LogP contribution in [0.5, 0.6) is 5.88 Å². The molecule has 1 saturated heterocycles. The molecule has 0 saturated carbocycles. The fourth-order valence-electron chi connectivity index (χ4n) is 6.34. The topological polar surface area (TPSA) is 130 Å². The zero-order valence-electron chi connectivity index (χ0n) is 27.5. The number of nitrogens with zero attached hydrogens (tertiary/aromatic N) is 5. The van der Waals surface area contributed by atoms with Crippen LogP contribution in [0.4, 0.5) is 52.9 Å². The van der Waals surface area contributed by atoms with Gasteiger partial charge in [0.1, 0.15) is 13.3 Å². The molecular weight excluding hydrogens is 693 g/mol. The first-order chi connectivity index (χ1) is 24.1. The summed E-state index contributed by atoms with van der Waals surface area (Å²) in [6.45, 7) is 0.991. The molecule has 18 heteroatoms. The summed E-state index contributed by atoms with van der Waals surface area (Å²) in [5.74, 6) is -1.40. The molecule has 0 aliphatic carbocycles. The lowest BCUT2D eigenvalue weighted by Gasteiger charge is -2.39. The minimum absolute atomic E-state index is 0.0268. The van der Waals surface area contributed by atoms with E-state index in [4.69, 9.17) is 9.47 Å². The predicted octanol–water partition coefficient (Wildman–Crippen LogP) is 7.06. The van der Waals surface area contributed by atoms with Crippen molar-refractivity contribution in [2.24, 2.45) is 5.92 Å². The number of hydrogen-bond acceptors (Lipinski definition) is 9. The molecule has 1 amide bonds. The Hall–Kier alpha value is -4.90. The van der Waals surface area contributed by atoms with Crippen LogP contribution in [0, 0.1) is 5.92 Å². The fraction of sp³-hybridized carbons (Fsp3) is 0.485. The number of carbonyl (C=O) groups is 2. The minimum Gasteiger partial charge on any atom is -0.481 e. The number of ether oxygens (including phenoxy) is 2. The average Bonchev–Trinajstić information content (AvgIpc) is 3.09. The Labute approximate surface area is 287 Å². The van der Waals surface area contributed by atoms with Crippen LogP contribution in [0.25, 0.3) is 0 Å². The molecule has 2 aromatic heterocycles. The van der Waals surface area contributed by atoms with Crippen molar-refractivity contribution in [3.05, 3.63) is 64.6 Å². The number of nitrogens with one attached hydrogen (secondary N) is 1. The van der Waals surface area contributed by atoms with Gasteiger partial charge in [-0.3, -0.25) is 9.69 Å². The van der Waals surface area contributed by atoms with Gasteiger partial charge < -0.3 is 24.8 Å². The number of carbonyl (C=O) groups excluding carboxylic acids is 1. The standard InChI is InChI=1S/C33H35F7N6O5/c1-3-22-16-24(28-25(4-5-27(44-28)50-2)46(22)31(49)51-11-8-34)43-30-41-17-26(45-9-6-19(7-10-45)29(47)48)23(42-30)14-18-12-20(32(35,36)37)15-21(13-18)33(38,39)40/h4-5,12-13,15,17,19,22,24H,3,6-11,14,16H2,1-2H3,(H,47,48)(H,41,42,43)/t22-,24+/m1/s1. The number of benzene rings is 1. The molecule has 5 rings (SSSR count). The molecule has 276 valence electrons. The summed E-state index contributed by atoms with van der Waals surface area (Å²) >= 11 is 0. The fourth-order valence-corrected chi connectivity index (χ4v) is 6.34. The predicted molar refractivity (Wildman–Crippen MR) is 170 cm³/mol. The number of amides is 1. The van der Waals surface area contributed by atoms with Crippen molar-refractivity contribution < 1.29 is 54.9 Å². The molecule has 0 spiro atoms. The highest BCUT2D eigenvalue weighted by atomic mass is 19.4. The van der Waals surface area contributed by atoms with Crippen molar-refractivity contribution in [1.82, 2.24) is 15.0 Å². The number of halogens is 7. The summed E-state index contributed by atoms with van der Waals surface area (Å²) < 4.78 is 106. The molecule has 2 aliphatic rings. The van der Waals surface area contributed by atoms with Crippen molar-refractivity contribution in [3.63, 3.8) is 0 Å². The van der Waals surface area contributed by atoms with Gasteiger partial charge in [0.05, 0.1) is 59.2 Å². The Morgan fingerprint density at radius 3 is 2.24 bits per heavy atom. The number of aromatic nitrogens is 3. The third-order valence-corrected chi connectivity index (χ3v) is 8.87. The number of pyridine rings is 1. The summed E-state index contributed by atoms with van der Waals surface area (Å²) in [4.78, 5) is 41.2. The van der Waals surface area contributed by atoms with Crippen LogP contribution >= 0.6 is 0 Å². The van der Waals surface area contributed by atoms with E-state index in [1.807, 2.05) is 6.92 Å². The number of fused-ring (bicyclic) bond motifs is 1. The molecule has 2 atom stereocenters. The lowest BCUT2D eigenvalue weighted by molar-refractivity contribution is -0.144. The number of rotatable bonds is 10. The number of anilines is 3. The SMILES string of the molecule is CC[C@@H]1C[C@H](Nc2ncc(N3CCC(C(=O)O)CC3)c(Cc3cc(C(F)(F)F)cc(C(F)(F)F)c3)n2)c2nc(OC)ccc2N1C(=O)OCCF. The van der Waals surface area contributed by atoms with Crippen LogP contribution in [0.1, 0.15) is 66.7 Å². The average molecular weight is 729 g/mol. The Kier molecular flexibility index (Phi) is 11.1. The Morgan fingerprint density at radius 2 is 1.67 bits per heavy atom. The summed E-state index contributed by atoms with van der Waals surface area (Å²) in [5, 5.41) is 12.6. The second kappa shape index (κ2) is 15.1. The summed E-state index contributed by atoms with van der Waals surface area (Å²) in [7, 11) is 1.40. The molecule has 1 fully saturated rings. The van der Waals surface area contributed by atoms with Crippen molar-refractivity contribution in [2.75, 3.05) is 48.6 Å². The van der Waals surface area contributed by atoms with E-state index in [1.165, 1.54) is 24.3 Å². The molecule has 0 radical (unpaired) electrons. The van der Waals surface area contributed by atoms with E-state index in [1.54, 1.807) is 11.0 Å². The minimum atomic E-state index is -5.06. The van der Waals surface area contributed by atoms with Crippen LogP contribution in [0.2, 0.25) is 0 Å².